The van der Waals surface area contributed by atoms with E-state index in [2.05, 4.69) is 11.9 Å². The largest absolute Gasteiger partial charge is 0.493 e. The monoisotopic (exact) mass is 550 g/mol. The van der Waals surface area contributed by atoms with E-state index in [4.69, 9.17) is 32.7 Å². The highest BCUT2D eigenvalue weighted by Crippen LogP contribution is 2.35. The number of hydrogen-bond acceptors (Lipinski definition) is 5. The van der Waals surface area contributed by atoms with E-state index in [0.29, 0.717) is 33.5 Å². The van der Waals surface area contributed by atoms with Crippen LogP contribution >= 0.6 is 23.2 Å². The van der Waals surface area contributed by atoms with Crippen LogP contribution in [-0.2, 0) is 22.6 Å². The number of allylic oxidation sites excluding steroid dienone is 1. The second-order valence-electron chi connectivity index (χ2n) is 8.51. The van der Waals surface area contributed by atoms with E-state index < -0.39 is 17.8 Å². The van der Waals surface area contributed by atoms with Crippen LogP contribution < -0.4 is 19.7 Å². The molecule has 4 rings (SSSR count). The molecule has 1 fully saturated rings. The van der Waals surface area contributed by atoms with Gasteiger partial charge >= 0.3 is 6.03 Å². The highest BCUT2D eigenvalue weighted by atomic mass is 35.5. The Morgan fingerprint density at radius 1 is 1.05 bits per heavy atom. The highest BCUT2D eigenvalue weighted by molar-refractivity contribution is 6.39. The second-order valence-corrected chi connectivity index (χ2v) is 9.36. The van der Waals surface area contributed by atoms with Crippen molar-refractivity contribution < 1.29 is 23.9 Å². The van der Waals surface area contributed by atoms with Gasteiger partial charge in [0.25, 0.3) is 11.8 Å². The molecule has 1 heterocycles. The molecule has 3 aromatic rings. The quantitative estimate of drug-likeness (QED) is 0.202. The average molecular weight is 551 g/mol. The number of ether oxygens (including phenoxy) is 2. The first-order valence-corrected chi connectivity index (χ1v) is 12.3. The summed E-state index contributed by atoms with van der Waals surface area (Å²) in [5.41, 5.74) is 2.92. The van der Waals surface area contributed by atoms with Crippen LogP contribution in [0, 0.1) is 6.92 Å². The number of imide groups is 2. The molecule has 0 spiro atoms. The summed E-state index contributed by atoms with van der Waals surface area (Å²) < 4.78 is 11.7. The number of urea groups is 1. The number of carbonyl (C=O) groups is 3. The van der Waals surface area contributed by atoms with Gasteiger partial charge in [0, 0.05) is 15.6 Å². The van der Waals surface area contributed by atoms with Crippen molar-refractivity contribution in [3.05, 3.63) is 105 Å². The molecule has 7 nitrogen and oxygen atoms in total. The van der Waals surface area contributed by atoms with Gasteiger partial charge in [-0.1, -0.05) is 47.5 Å². The maximum absolute atomic E-state index is 13.3. The van der Waals surface area contributed by atoms with E-state index in [1.54, 1.807) is 43.3 Å². The first-order valence-electron chi connectivity index (χ1n) is 11.6. The number of methoxy groups -OCH3 is 1. The molecule has 9 heteroatoms. The molecule has 4 amide bonds. The summed E-state index contributed by atoms with van der Waals surface area (Å²) in [6, 6.07) is 14.7. The Morgan fingerprint density at radius 3 is 2.53 bits per heavy atom. The molecule has 1 aliphatic heterocycles. The Labute approximate surface area is 230 Å². The number of nitrogens with one attached hydrogen (secondary N) is 1. The molecule has 0 atom stereocenters. The Kier molecular flexibility index (Phi) is 8.20. The number of barbiturate groups is 1. The van der Waals surface area contributed by atoms with Crippen molar-refractivity contribution in [2.45, 2.75) is 20.0 Å². The van der Waals surface area contributed by atoms with Gasteiger partial charge in [-0.2, -0.15) is 0 Å². The van der Waals surface area contributed by atoms with Crippen LogP contribution in [0.5, 0.6) is 11.5 Å². The molecule has 3 aromatic carbocycles. The summed E-state index contributed by atoms with van der Waals surface area (Å²) in [4.78, 5) is 39.4. The van der Waals surface area contributed by atoms with Gasteiger partial charge in [0.1, 0.15) is 12.2 Å². The Bertz CT molecular complexity index is 1480. The zero-order chi connectivity index (χ0) is 27.4. The van der Waals surface area contributed by atoms with Crippen LogP contribution in [0.4, 0.5) is 10.5 Å². The molecular formula is C29H24Cl2N2O5. The lowest BCUT2D eigenvalue weighted by molar-refractivity contribution is -0.122. The van der Waals surface area contributed by atoms with Gasteiger partial charge in [-0.3, -0.25) is 14.9 Å². The fraction of sp³-hybridized carbons (Fsp3) is 0.138. The van der Waals surface area contributed by atoms with Gasteiger partial charge in [-0.05, 0) is 72.5 Å². The van der Waals surface area contributed by atoms with Crippen LogP contribution in [0.1, 0.15) is 22.3 Å². The van der Waals surface area contributed by atoms with Gasteiger partial charge in [-0.15, -0.1) is 6.58 Å². The summed E-state index contributed by atoms with van der Waals surface area (Å²) in [7, 11) is 1.50. The van der Waals surface area contributed by atoms with Crippen molar-refractivity contribution in [2.24, 2.45) is 0 Å². The Hall–Kier alpha value is -4.07. The van der Waals surface area contributed by atoms with E-state index >= 15 is 0 Å². The topological polar surface area (TPSA) is 84.9 Å². The minimum atomic E-state index is -0.855. The predicted octanol–water partition coefficient (Wildman–Crippen LogP) is 6.28. The number of benzene rings is 3. The molecule has 0 aliphatic carbocycles. The molecule has 38 heavy (non-hydrogen) atoms. The van der Waals surface area contributed by atoms with E-state index in [1.807, 2.05) is 18.2 Å². The van der Waals surface area contributed by atoms with E-state index in [0.717, 1.165) is 21.6 Å². The molecule has 1 N–H and O–H groups in total. The summed E-state index contributed by atoms with van der Waals surface area (Å²) in [6.07, 6.45) is 3.55. The molecule has 194 valence electrons. The third kappa shape index (κ3) is 5.74. The number of halogens is 2. The summed E-state index contributed by atoms with van der Waals surface area (Å²) in [6.45, 7) is 5.86. The maximum atomic E-state index is 13.3. The van der Waals surface area contributed by atoms with E-state index in [-0.39, 0.29) is 17.9 Å². The van der Waals surface area contributed by atoms with Crippen LogP contribution in [0.2, 0.25) is 10.0 Å². The number of carbonyl (C=O) groups excluding carboxylic acids is 3. The molecule has 1 saturated heterocycles. The number of hydrogen-bond donors (Lipinski definition) is 1. The lowest BCUT2D eigenvalue weighted by Crippen LogP contribution is -2.54. The fourth-order valence-corrected chi connectivity index (χ4v) is 4.34. The van der Waals surface area contributed by atoms with Gasteiger partial charge < -0.3 is 9.47 Å². The van der Waals surface area contributed by atoms with Gasteiger partial charge in [0.15, 0.2) is 11.5 Å². The maximum Gasteiger partial charge on any atom is 0.335 e. The fourth-order valence-electron chi connectivity index (χ4n) is 3.95. The first kappa shape index (κ1) is 27.0. The van der Waals surface area contributed by atoms with Crippen LogP contribution in [0.25, 0.3) is 6.08 Å². The second kappa shape index (κ2) is 11.5. The SMILES string of the molecule is C=CCc1cc(/C=C2\C(=O)NC(=O)N(c3ccc(C)c(Cl)c3)C2=O)cc(OC)c1OCc1cccc(Cl)c1. The minimum Gasteiger partial charge on any atom is -0.493 e. The molecule has 1 aliphatic rings. The van der Waals surface area contributed by atoms with Crippen LogP contribution in [-0.4, -0.2) is 25.0 Å². The van der Waals surface area contributed by atoms with E-state index in [9.17, 15) is 14.4 Å². The molecule has 0 radical (unpaired) electrons. The van der Waals surface area contributed by atoms with Crippen molar-refractivity contribution >= 4 is 52.8 Å². The van der Waals surface area contributed by atoms with Crippen molar-refractivity contribution in [3.63, 3.8) is 0 Å². The summed E-state index contributed by atoms with van der Waals surface area (Å²) >= 11 is 12.3. The first-order chi connectivity index (χ1) is 18.2. The van der Waals surface area contributed by atoms with Crippen molar-refractivity contribution in [3.8, 4) is 11.5 Å². The zero-order valence-corrected chi connectivity index (χ0v) is 22.2. The minimum absolute atomic E-state index is 0.222. The van der Waals surface area contributed by atoms with Gasteiger partial charge in [0.2, 0.25) is 0 Å². The highest BCUT2D eigenvalue weighted by Gasteiger charge is 2.37. The Morgan fingerprint density at radius 2 is 1.84 bits per heavy atom. The van der Waals surface area contributed by atoms with Crippen molar-refractivity contribution in [1.82, 2.24) is 5.32 Å². The normalized spacial score (nSPS) is 14.5. The molecule has 0 bridgehead atoms. The van der Waals surface area contributed by atoms with Crippen molar-refractivity contribution in [2.75, 3.05) is 12.0 Å². The van der Waals surface area contributed by atoms with Crippen LogP contribution in [0.3, 0.4) is 0 Å². The van der Waals surface area contributed by atoms with Gasteiger partial charge in [-0.25, -0.2) is 9.69 Å². The zero-order valence-electron chi connectivity index (χ0n) is 20.7. The summed E-state index contributed by atoms with van der Waals surface area (Å²) in [5.74, 6) is -0.677. The Balaban J connectivity index is 1.70. The standard InChI is InChI=1S/C29H24Cl2N2O5/c1-4-6-20-11-19(14-25(37-3)26(20)38-16-18-7-5-8-21(30)12-18)13-23-27(34)32-29(36)33(28(23)35)22-10-9-17(2)24(31)15-22/h4-5,7-15H,1,6,16H2,2-3H3,(H,32,34,36)/b23-13+. The summed E-state index contributed by atoms with van der Waals surface area (Å²) in [5, 5.41) is 3.20. The molecular weight excluding hydrogens is 527 g/mol. The lowest BCUT2D eigenvalue weighted by atomic mass is 10.0. The number of anilines is 1. The number of amides is 4. The average Bonchev–Trinajstić information content (AvgIpc) is 2.87. The number of nitrogens with zero attached hydrogens (tertiary/aromatic N) is 1. The number of rotatable bonds is 8. The predicted molar refractivity (Wildman–Crippen MR) is 148 cm³/mol. The third-order valence-corrected chi connectivity index (χ3v) is 6.48. The van der Waals surface area contributed by atoms with Crippen molar-refractivity contribution in [1.29, 1.82) is 0 Å². The molecule has 0 aromatic heterocycles. The lowest BCUT2D eigenvalue weighted by Gasteiger charge is -2.26. The number of aryl methyl sites for hydroxylation is 1. The van der Waals surface area contributed by atoms with Gasteiger partial charge in [0.05, 0.1) is 12.8 Å². The molecule has 0 saturated carbocycles. The third-order valence-electron chi connectivity index (χ3n) is 5.84. The van der Waals surface area contributed by atoms with Crippen LogP contribution in [0.15, 0.2) is 72.8 Å². The smallest absolute Gasteiger partial charge is 0.335 e. The van der Waals surface area contributed by atoms with E-state index in [1.165, 1.54) is 19.3 Å². The molecule has 0 unspecified atom stereocenters.